The van der Waals surface area contributed by atoms with E-state index in [4.69, 9.17) is 4.74 Å². The highest BCUT2D eigenvalue weighted by molar-refractivity contribution is 5.58. The van der Waals surface area contributed by atoms with Crippen molar-refractivity contribution in [3.63, 3.8) is 0 Å². The fourth-order valence-corrected chi connectivity index (χ4v) is 2.43. The van der Waals surface area contributed by atoms with Gasteiger partial charge in [0.25, 0.3) is 5.69 Å². The number of non-ortho nitro benzene ring substituents is 1. The van der Waals surface area contributed by atoms with E-state index in [0.29, 0.717) is 17.9 Å². The van der Waals surface area contributed by atoms with Crippen molar-refractivity contribution in [3.05, 3.63) is 76.6 Å². The van der Waals surface area contributed by atoms with Crippen molar-refractivity contribution in [1.82, 2.24) is 14.8 Å². The van der Waals surface area contributed by atoms with Gasteiger partial charge in [0.15, 0.2) is 5.82 Å². The Morgan fingerprint density at radius 1 is 1.21 bits per heavy atom. The van der Waals surface area contributed by atoms with Gasteiger partial charge in [-0.25, -0.2) is 9.67 Å². The molecular formula is C17H16N4O3. The fourth-order valence-electron chi connectivity index (χ4n) is 2.43. The number of rotatable bonds is 6. The van der Waals surface area contributed by atoms with Gasteiger partial charge in [-0.05, 0) is 5.56 Å². The van der Waals surface area contributed by atoms with Crippen LogP contribution in [0.1, 0.15) is 11.7 Å². The summed E-state index contributed by atoms with van der Waals surface area (Å²) in [6, 6.07) is 16.1. The minimum absolute atomic E-state index is 0.0166. The number of ether oxygens (including phenoxy) is 1. The number of hydrogen-bond acceptors (Lipinski definition) is 5. The van der Waals surface area contributed by atoms with E-state index in [1.807, 2.05) is 30.3 Å². The van der Waals surface area contributed by atoms with Crippen molar-refractivity contribution in [3.8, 4) is 11.4 Å². The van der Waals surface area contributed by atoms with Crippen molar-refractivity contribution < 1.29 is 9.66 Å². The molecule has 0 N–H and O–H groups in total. The zero-order valence-electron chi connectivity index (χ0n) is 13.1. The first-order valence-corrected chi connectivity index (χ1v) is 7.39. The Bertz CT molecular complexity index is 833. The number of nitro benzene ring substituents is 1. The standard InChI is InChI=1S/C17H16N4O3/c1-24-16(13-6-3-2-4-7-13)11-20-12-18-17(19-20)14-8-5-9-15(10-14)21(22)23/h2-10,12,16H,11H2,1H3. The molecule has 0 amide bonds. The largest absolute Gasteiger partial charge is 0.375 e. The molecule has 0 bridgehead atoms. The lowest BCUT2D eigenvalue weighted by Gasteiger charge is -2.15. The molecular weight excluding hydrogens is 308 g/mol. The van der Waals surface area contributed by atoms with Crippen LogP contribution in [-0.2, 0) is 11.3 Å². The van der Waals surface area contributed by atoms with Gasteiger partial charge in [-0.2, -0.15) is 5.10 Å². The molecule has 0 aliphatic heterocycles. The van der Waals surface area contributed by atoms with Crippen LogP contribution in [0.2, 0.25) is 0 Å². The van der Waals surface area contributed by atoms with Crippen LogP contribution in [0.5, 0.6) is 0 Å². The van der Waals surface area contributed by atoms with Crippen molar-refractivity contribution >= 4 is 5.69 Å². The summed E-state index contributed by atoms with van der Waals surface area (Å²) in [5.74, 6) is 0.446. The lowest BCUT2D eigenvalue weighted by atomic mass is 10.1. The maximum Gasteiger partial charge on any atom is 0.270 e. The summed E-state index contributed by atoms with van der Waals surface area (Å²) in [4.78, 5) is 14.7. The van der Waals surface area contributed by atoms with E-state index in [2.05, 4.69) is 10.1 Å². The Morgan fingerprint density at radius 2 is 2.00 bits per heavy atom. The van der Waals surface area contributed by atoms with Crippen molar-refractivity contribution in [2.45, 2.75) is 12.6 Å². The Balaban J connectivity index is 1.80. The summed E-state index contributed by atoms with van der Waals surface area (Å²) in [5, 5.41) is 15.3. The molecule has 0 spiro atoms. The first-order valence-electron chi connectivity index (χ1n) is 7.39. The molecule has 0 fully saturated rings. The van der Waals surface area contributed by atoms with E-state index >= 15 is 0 Å². The SMILES string of the molecule is COC(Cn1cnc(-c2cccc([N+](=O)[O-])c2)n1)c1ccccc1. The molecule has 1 unspecified atom stereocenters. The third kappa shape index (κ3) is 3.47. The van der Waals surface area contributed by atoms with Crippen LogP contribution in [0.15, 0.2) is 60.9 Å². The average Bonchev–Trinajstić information content (AvgIpc) is 3.09. The predicted octanol–water partition coefficient (Wildman–Crippen LogP) is 3.24. The van der Waals surface area contributed by atoms with Gasteiger partial charge in [0.05, 0.1) is 11.5 Å². The van der Waals surface area contributed by atoms with Gasteiger partial charge in [0, 0.05) is 24.8 Å². The van der Waals surface area contributed by atoms with Crippen molar-refractivity contribution in [2.24, 2.45) is 0 Å². The molecule has 24 heavy (non-hydrogen) atoms. The second kappa shape index (κ2) is 7.01. The zero-order valence-corrected chi connectivity index (χ0v) is 13.1. The van der Waals surface area contributed by atoms with E-state index in [9.17, 15) is 10.1 Å². The molecule has 3 rings (SSSR count). The zero-order chi connectivity index (χ0) is 16.9. The number of nitrogens with zero attached hydrogens (tertiary/aromatic N) is 4. The molecule has 1 aromatic heterocycles. The molecule has 7 heteroatoms. The Kier molecular flexibility index (Phi) is 4.62. The normalized spacial score (nSPS) is 12.0. The van der Waals surface area contributed by atoms with Crippen LogP contribution in [0.4, 0.5) is 5.69 Å². The molecule has 0 aliphatic carbocycles. The summed E-state index contributed by atoms with van der Waals surface area (Å²) in [7, 11) is 1.65. The van der Waals surface area contributed by atoms with Gasteiger partial charge in [-0.1, -0.05) is 42.5 Å². The second-order valence-corrected chi connectivity index (χ2v) is 5.23. The van der Waals surface area contributed by atoms with Gasteiger partial charge >= 0.3 is 0 Å². The third-order valence-electron chi connectivity index (χ3n) is 3.66. The highest BCUT2D eigenvalue weighted by Gasteiger charge is 2.14. The van der Waals surface area contributed by atoms with Gasteiger partial charge in [0.1, 0.15) is 12.4 Å². The number of aromatic nitrogens is 3. The summed E-state index contributed by atoms with van der Waals surface area (Å²) in [6.07, 6.45) is 1.45. The Morgan fingerprint density at radius 3 is 2.71 bits per heavy atom. The van der Waals surface area contributed by atoms with Gasteiger partial charge in [0.2, 0.25) is 0 Å². The minimum atomic E-state index is -0.434. The van der Waals surface area contributed by atoms with E-state index in [-0.39, 0.29) is 11.8 Å². The maximum atomic E-state index is 10.9. The van der Waals surface area contributed by atoms with E-state index in [1.165, 1.54) is 12.1 Å². The van der Waals surface area contributed by atoms with E-state index in [0.717, 1.165) is 5.56 Å². The van der Waals surface area contributed by atoms with E-state index < -0.39 is 4.92 Å². The number of nitro groups is 1. The number of benzene rings is 2. The minimum Gasteiger partial charge on any atom is -0.375 e. The summed E-state index contributed by atoms with van der Waals surface area (Å²) in [5.41, 5.74) is 1.67. The van der Waals surface area contributed by atoms with E-state index in [1.54, 1.807) is 30.3 Å². The lowest BCUT2D eigenvalue weighted by Crippen LogP contribution is -2.11. The van der Waals surface area contributed by atoms with Crippen LogP contribution in [0.25, 0.3) is 11.4 Å². The molecule has 1 atom stereocenters. The summed E-state index contributed by atoms with van der Waals surface area (Å²) in [6.45, 7) is 0.502. The van der Waals surface area contributed by atoms with Gasteiger partial charge in [-0.15, -0.1) is 0 Å². The second-order valence-electron chi connectivity index (χ2n) is 5.23. The average molecular weight is 324 g/mol. The van der Waals surface area contributed by atoms with Crippen LogP contribution in [0, 0.1) is 10.1 Å². The summed E-state index contributed by atoms with van der Waals surface area (Å²) >= 11 is 0. The van der Waals surface area contributed by atoms with Crippen molar-refractivity contribution in [2.75, 3.05) is 7.11 Å². The maximum absolute atomic E-state index is 10.9. The molecule has 1 heterocycles. The summed E-state index contributed by atoms with van der Waals surface area (Å²) < 4.78 is 7.20. The Hall–Kier alpha value is -3.06. The number of methoxy groups -OCH3 is 1. The van der Waals surface area contributed by atoms with Gasteiger partial charge in [-0.3, -0.25) is 10.1 Å². The highest BCUT2D eigenvalue weighted by atomic mass is 16.6. The topological polar surface area (TPSA) is 83.1 Å². The predicted molar refractivity (Wildman–Crippen MR) is 88.3 cm³/mol. The van der Waals surface area contributed by atoms with Crippen molar-refractivity contribution in [1.29, 1.82) is 0 Å². The molecule has 0 aliphatic rings. The third-order valence-corrected chi connectivity index (χ3v) is 3.66. The molecule has 7 nitrogen and oxygen atoms in total. The van der Waals surface area contributed by atoms with Crippen LogP contribution >= 0.6 is 0 Å². The molecule has 2 aromatic carbocycles. The molecule has 0 saturated carbocycles. The molecule has 0 saturated heterocycles. The van der Waals surface area contributed by atoms with Crippen LogP contribution < -0.4 is 0 Å². The first kappa shape index (κ1) is 15.8. The lowest BCUT2D eigenvalue weighted by molar-refractivity contribution is -0.384. The first-order chi connectivity index (χ1) is 11.7. The fraction of sp³-hybridized carbons (Fsp3) is 0.176. The van der Waals surface area contributed by atoms with Crippen LogP contribution in [-0.4, -0.2) is 26.8 Å². The highest BCUT2D eigenvalue weighted by Crippen LogP contribution is 2.22. The number of hydrogen-bond donors (Lipinski definition) is 0. The molecule has 3 aromatic rings. The van der Waals surface area contributed by atoms with Crippen LogP contribution in [0.3, 0.4) is 0 Å². The monoisotopic (exact) mass is 324 g/mol. The Labute approximate surface area is 138 Å². The van der Waals surface area contributed by atoms with Gasteiger partial charge < -0.3 is 4.74 Å². The smallest absolute Gasteiger partial charge is 0.270 e. The quantitative estimate of drug-likeness (QED) is 0.513. The molecule has 122 valence electrons. The molecule has 0 radical (unpaired) electrons.